The van der Waals surface area contributed by atoms with Gasteiger partial charge in [-0.25, -0.2) is 9.38 Å². The number of halogens is 1. The molecule has 3 aromatic carbocycles. The number of hydrogen-bond donors (Lipinski definition) is 1. The Labute approximate surface area is 190 Å². The zero-order valence-corrected chi connectivity index (χ0v) is 18.0. The highest BCUT2D eigenvalue weighted by Gasteiger charge is 2.50. The second kappa shape index (κ2) is 7.75. The van der Waals surface area contributed by atoms with Crippen molar-refractivity contribution >= 4 is 11.9 Å². The Hall–Kier alpha value is -4.18. The number of carbonyl (C=O) groups is 1. The Kier molecular flexibility index (Phi) is 4.86. The van der Waals surface area contributed by atoms with Gasteiger partial charge >= 0.3 is 0 Å². The minimum absolute atomic E-state index is 0.0892. The molecular weight excluding hydrogens is 419 g/mol. The number of benzene rings is 3. The van der Waals surface area contributed by atoms with Crippen LogP contribution in [-0.2, 0) is 16.8 Å². The summed E-state index contributed by atoms with van der Waals surface area (Å²) < 4.78 is 20.7. The van der Waals surface area contributed by atoms with Crippen molar-refractivity contribution in [2.45, 2.75) is 18.4 Å². The smallest absolute Gasteiger partial charge is 0.266 e. The molecule has 0 bridgehead atoms. The molecule has 5 rings (SSSR count). The monoisotopic (exact) mass is 440 g/mol. The highest BCUT2D eigenvalue weighted by atomic mass is 19.1. The van der Waals surface area contributed by atoms with Crippen LogP contribution in [0.5, 0.6) is 5.75 Å². The van der Waals surface area contributed by atoms with Gasteiger partial charge < -0.3 is 10.5 Å². The van der Waals surface area contributed by atoms with Gasteiger partial charge in [-0.2, -0.15) is 5.26 Å². The maximum absolute atomic E-state index is 14.9. The molecular formula is C26H21FN4O2. The number of amides is 1. The lowest BCUT2D eigenvalue weighted by Crippen LogP contribution is -2.41. The van der Waals surface area contributed by atoms with Crippen LogP contribution in [0.4, 0.5) is 4.39 Å². The zero-order chi connectivity index (χ0) is 23.2. The first-order valence-electron chi connectivity index (χ1n) is 10.6. The molecule has 0 aliphatic carbocycles. The van der Waals surface area contributed by atoms with Gasteiger partial charge in [0.25, 0.3) is 5.91 Å². The third-order valence-corrected chi connectivity index (χ3v) is 6.25. The molecule has 2 aliphatic heterocycles. The summed E-state index contributed by atoms with van der Waals surface area (Å²) in [5, 5.41) is 9.25. The average molecular weight is 440 g/mol. The van der Waals surface area contributed by atoms with Gasteiger partial charge in [-0.05, 0) is 71.5 Å². The molecule has 0 aromatic heterocycles. The second-order valence-electron chi connectivity index (χ2n) is 8.21. The van der Waals surface area contributed by atoms with Crippen LogP contribution in [0.1, 0.15) is 28.7 Å². The predicted molar refractivity (Wildman–Crippen MR) is 122 cm³/mol. The maximum Gasteiger partial charge on any atom is 0.266 e. The number of ether oxygens (including phenoxy) is 1. The number of fused-ring (bicyclic) bond motifs is 1. The minimum Gasteiger partial charge on any atom is -0.493 e. The molecule has 0 spiro atoms. The van der Waals surface area contributed by atoms with E-state index in [1.54, 1.807) is 43.4 Å². The normalized spacial score (nSPS) is 19.5. The lowest BCUT2D eigenvalue weighted by Gasteiger charge is -2.28. The topological polar surface area (TPSA) is 91.7 Å². The van der Waals surface area contributed by atoms with Crippen molar-refractivity contribution < 1.29 is 13.9 Å². The number of nitrogens with two attached hydrogens (primary N) is 1. The Morgan fingerprint density at radius 2 is 1.94 bits per heavy atom. The van der Waals surface area contributed by atoms with E-state index < -0.39 is 11.4 Å². The maximum atomic E-state index is 14.9. The van der Waals surface area contributed by atoms with E-state index in [4.69, 9.17) is 10.5 Å². The summed E-state index contributed by atoms with van der Waals surface area (Å²) in [5.41, 5.74) is 8.03. The van der Waals surface area contributed by atoms with Gasteiger partial charge in [-0.15, -0.1) is 0 Å². The first-order valence-corrected chi connectivity index (χ1v) is 10.6. The van der Waals surface area contributed by atoms with Crippen molar-refractivity contribution in [2.24, 2.45) is 10.7 Å². The Morgan fingerprint density at radius 3 is 2.70 bits per heavy atom. The fraction of sp³-hybridized carbons (Fsp3) is 0.192. The molecule has 0 saturated heterocycles. The van der Waals surface area contributed by atoms with Crippen LogP contribution in [0.25, 0.3) is 11.1 Å². The third kappa shape index (κ3) is 3.23. The van der Waals surface area contributed by atoms with Gasteiger partial charge in [0.05, 0.1) is 18.2 Å². The minimum atomic E-state index is -1.44. The highest BCUT2D eigenvalue weighted by molar-refractivity contribution is 6.09. The molecule has 3 aromatic rings. The molecule has 6 nitrogen and oxygen atoms in total. The summed E-state index contributed by atoms with van der Waals surface area (Å²) in [5.74, 6) is 0.105. The largest absolute Gasteiger partial charge is 0.493 e. The summed E-state index contributed by atoms with van der Waals surface area (Å²) in [6.45, 7) is 0.660. The van der Waals surface area contributed by atoms with E-state index in [0.29, 0.717) is 28.9 Å². The first-order chi connectivity index (χ1) is 15.9. The van der Waals surface area contributed by atoms with Crippen LogP contribution < -0.4 is 10.5 Å². The molecule has 0 fully saturated rings. The fourth-order valence-corrected chi connectivity index (χ4v) is 4.50. The van der Waals surface area contributed by atoms with Gasteiger partial charge in [0.1, 0.15) is 11.6 Å². The van der Waals surface area contributed by atoms with E-state index in [2.05, 4.69) is 11.1 Å². The lowest BCUT2D eigenvalue weighted by molar-refractivity contribution is -0.129. The van der Waals surface area contributed by atoms with Crippen molar-refractivity contribution in [1.29, 1.82) is 5.26 Å². The number of hydrogen-bond acceptors (Lipinski definition) is 5. The summed E-state index contributed by atoms with van der Waals surface area (Å²) in [6.07, 6.45) is 1.72. The quantitative estimate of drug-likeness (QED) is 0.672. The Morgan fingerprint density at radius 1 is 1.15 bits per heavy atom. The molecule has 2 heterocycles. The van der Waals surface area contributed by atoms with E-state index in [1.807, 2.05) is 18.2 Å². The van der Waals surface area contributed by atoms with Crippen molar-refractivity contribution in [3.05, 3.63) is 88.7 Å². The number of rotatable bonds is 3. The lowest BCUT2D eigenvalue weighted by atomic mass is 9.80. The molecule has 2 aliphatic rings. The number of nitriles is 1. The second-order valence-corrected chi connectivity index (χ2v) is 8.21. The SMILES string of the molecule is CN1C(=O)C(c2ccc3c(c2)CCCO3)(c2ccc(F)c(-c3cccc(C#N)c3)c2)N=C1N. The standard InChI is InChI=1S/C26H21FN4O2/c1-31-24(32)26(30-25(31)29,19-8-10-23-18(13-19)6-3-11-33-23)20-7-9-22(27)21(14-20)17-5-2-4-16(12-17)15-28/h2,4-5,7-10,12-14H,3,6,11H2,1H3,(H2,29,30). The van der Waals surface area contributed by atoms with Crippen molar-refractivity contribution in [3.63, 3.8) is 0 Å². The van der Waals surface area contributed by atoms with E-state index in [-0.39, 0.29) is 17.4 Å². The van der Waals surface area contributed by atoms with Gasteiger partial charge in [-0.3, -0.25) is 9.69 Å². The summed E-state index contributed by atoms with van der Waals surface area (Å²) >= 11 is 0. The third-order valence-electron chi connectivity index (χ3n) is 6.25. The predicted octanol–water partition coefficient (Wildman–Crippen LogP) is 3.72. The molecule has 33 heavy (non-hydrogen) atoms. The summed E-state index contributed by atoms with van der Waals surface area (Å²) in [4.78, 5) is 19.5. The van der Waals surface area contributed by atoms with Crippen LogP contribution in [-0.4, -0.2) is 30.4 Å². The van der Waals surface area contributed by atoms with Gasteiger partial charge in [0, 0.05) is 12.6 Å². The summed E-state index contributed by atoms with van der Waals surface area (Å²) in [7, 11) is 1.57. The van der Waals surface area contributed by atoms with Crippen molar-refractivity contribution in [1.82, 2.24) is 4.90 Å². The van der Waals surface area contributed by atoms with Crippen molar-refractivity contribution in [2.75, 3.05) is 13.7 Å². The molecule has 164 valence electrons. The van der Waals surface area contributed by atoms with Crippen LogP contribution >= 0.6 is 0 Å². The molecule has 0 radical (unpaired) electrons. The summed E-state index contributed by atoms with van der Waals surface area (Å²) in [6, 6.07) is 18.9. The fourth-order valence-electron chi connectivity index (χ4n) is 4.50. The molecule has 0 saturated carbocycles. The van der Waals surface area contributed by atoms with Crippen LogP contribution in [0.3, 0.4) is 0 Å². The number of guanidine groups is 1. The number of aliphatic imine (C=N–C) groups is 1. The molecule has 7 heteroatoms. The Bertz CT molecular complexity index is 1360. The highest BCUT2D eigenvalue weighted by Crippen LogP contribution is 2.42. The van der Waals surface area contributed by atoms with Crippen LogP contribution in [0, 0.1) is 17.1 Å². The number of carbonyl (C=O) groups excluding carboxylic acids is 1. The number of likely N-dealkylation sites (N-methyl/N-ethyl adjacent to an activating group) is 1. The Balaban J connectivity index is 1.73. The van der Waals surface area contributed by atoms with Crippen molar-refractivity contribution in [3.8, 4) is 22.9 Å². The molecule has 1 amide bonds. The van der Waals surface area contributed by atoms with E-state index in [9.17, 15) is 14.4 Å². The van der Waals surface area contributed by atoms with Crippen LogP contribution in [0.2, 0.25) is 0 Å². The van der Waals surface area contributed by atoms with E-state index >= 15 is 0 Å². The van der Waals surface area contributed by atoms with Gasteiger partial charge in [0.2, 0.25) is 0 Å². The average Bonchev–Trinajstić information content (AvgIpc) is 3.08. The first kappa shape index (κ1) is 20.7. The van der Waals surface area contributed by atoms with Gasteiger partial charge in [-0.1, -0.05) is 24.3 Å². The number of nitrogens with zero attached hydrogens (tertiary/aromatic N) is 3. The molecule has 2 N–H and O–H groups in total. The zero-order valence-electron chi connectivity index (χ0n) is 18.0. The van der Waals surface area contributed by atoms with Crippen LogP contribution in [0.15, 0.2) is 65.7 Å². The van der Waals surface area contributed by atoms with E-state index in [1.165, 1.54) is 11.0 Å². The molecule has 1 unspecified atom stereocenters. The van der Waals surface area contributed by atoms with E-state index in [0.717, 1.165) is 24.2 Å². The van der Waals surface area contributed by atoms with Gasteiger partial charge in [0.15, 0.2) is 11.5 Å². The number of aryl methyl sites for hydroxylation is 1. The molecule has 1 atom stereocenters.